The number of hydrogen-bond donors (Lipinski definition) is 1. The van der Waals surface area contributed by atoms with Crippen molar-refractivity contribution in [3.63, 3.8) is 0 Å². The highest BCUT2D eigenvalue weighted by Crippen LogP contribution is 2.68. The van der Waals surface area contributed by atoms with E-state index in [0.29, 0.717) is 29.5 Å². The summed E-state index contributed by atoms with van der Waals surface area (Å²) in [6, 6.07) is 11.0. The predicted octanol–water partition coefficient (Wildman–Crippen LogP) is 6.14. The van der Waals surface area contributed by atoms with Crippen molar-refractivity contribution in [2.45, 2.75) is 77.7 Å². The largest absolute Gasteiger partial charge is 0.391 e. The number of nitrogens with one attached hydrogen (secondary N) is 1. The van der Waals surface area contributed by atoms with Crippen LogP contribution in [0.5, 0.6) is 0 Å². The van der Waals surface area contributed by atoms with E-state index in [-0.39, 0.29) is 28.8 Å². The van der Waals surface area contributed by atoms with Crippen LogP contribution in [-0.4, -0.2) is 30.7 Å². The minimum Gasteiger partial charge on any atom is -0.391 e. The van der Waals surface area contributed by atoms with Gasteiger partial charge in [-0.1, -0.05) is 68.4 Å². The molecule has 5 fully saturated rings. The number of fused-ring (bicyclic) bond motifs is 5. The quantitative estimate of drug-likeness (QED) is 0.423. The standard InChI is InChI=1S/C31H42N2O2/c1-19-16-23-24(10-13-31(4)25(23)17-20(2)29(31)34)30(3)14-11-26(33-35-22-12-15-32-18-22)27(28(19)30)21-8-6-5-7-9-21/h5-9,20,22-25,27-28,32H,1,10-18H2,2-4H3/t20?,22?,23?,24?,25?,27?,28?,30-,31+/m1/s1. The zero-order valence-corrected chi connectivity index (χ0v) is 21.8. The monoisotopic (exact) mass is 474 g/mol. The Kier molecular flexibility index (Phi) is 5.75. The Bertz CT molecular complexity index is 1030. The topological polar surface area (TPSA) is 50.7 Å². The van der Waals surface area contributed by atoms with Crippen molar-refractivity contribution in [3.8, 4) is 0 Å². The third-order valence-corrected chi connectivity index (χ3v) is 11.0. The molecule has 0 radical (unpaired) electrons. The average molecular weight is 475 g/mol. The van der Waals surface area contributed by atoms with Crippen molar-refractivity contribution in [2.75, 3.05) is 13.1 Å². The van der Waals surface area contributed by atoms with E-state index in [0.717, 1.165) is 51.6 Å². The van der Waals surface area contributed by atoms with Gasteiger partial charge in [-0.3, -0.25) is 4.79 Å². The molecule has 0 bridgehead atoms. The van der Waals surface area contributed by atoms with Crippen molar-refractivity contribution in [1.82, 2.24) is 5.32 Å². The Balaban J connectivity index is 1.36. The van der Waals surface area contributed by atoms with Gasteiger partial charge in [-0.25, -0.2) is 0 Å². The van der Waals surface area contributed by atoms with E-state index in [1.807, 2.05) is 0 Å². The number of benzene rings is 1. The van der Waals surface area contributed by atoms with Crippen molar-refractivity contribution in [1.29, 1.82) is 0 Å². The molecule has 0 amide bonds. The molecule has 5 aliphatic rings. The second kappa shape index (κ2) is 8.57. The second-order valence-corrected chi connectivity index (χ2v) is 12.9. The van der Waals surface area contributed by atoms with Gasteiger partial charge in [0.2, 0.25) is 0 Å². The summed E-state index contributed by atoms with van der Waals surface area (Å²) in [6.45, 7) is 13.7. The lowest BCUT2D eigenvalue weighted by Gasteiger charge is -2.61. The lowest BCUT2D eigenvalue weighted by atomic mass is 9.42. The van der Waals surface area contributed by atoms with Gasteiger partial charge in [-0.2, -0.15) is 0 Å². The number of ketones is 1. The van der Waals surface area contributed by atoms with Gasteiger partial charge in [0, 0.05) is 30.2 Å². The van der Waals surface area contributed by atoms with Crippen molar-refractivity contribution in [3.05, 3.63) is 48.0 Å². The Morgan fingerprint density at radius 2 is 1.91 bits per heavy atom. The Morgan fingerprint density at radius 3 is 2.66 bits per heavy atom. The van der Waals surface area contributed by atoms with Crippen LogP contribution < -0.4 is 5.32 Å². The maximum absolute atomic E-state index is 13.2. The highest BCUT2D eigenvalue weighted by molar-refractivity contribution is 5.92. The fourth-order valence-corrected chi connectivity index (χ4v) is 9.34. The number of nitrogens with zero attached hydrogens (tertiary/aromatic N) is 1. The van der Waals surface area contributed by atoms with Crippen LogP contribution in [0.1, 0.15) is 77.2 Å². The molecular formula is C31H42N2O2. The van der Waals surface area contributed by atoms with E-state index in [1.165, 1.54) is 23.3 Å². The summed E-state index contributed by atoms with van der Waals surface area (Å²) in [6.07, 6.45) is 7.71. The molecule has 35 heavy (non-hydrogen) atoms. The first-order valence-corrected chi connectivity index (χ1v) is 14.0. The summed E-state index contributed by atoms with van der Waals surface area (Å²) in [5.41, 5.74) is 4.00. The summed E-state index contributed by atoms with van der Waals surface area (Å²) in [5.74, 6) is 3.11. The summed E-state index contributed by atoms with van der Waals surface area (Å²) in [4.78, 5) is 19.3. The third-order valence-electron chi connectivity index (χ3n) is 11.0. The molecule has 4 heteroatoms. The molecule has 4 aliphatic carbocycles. The third kappa shape index (κ3) is 3.57. The van der Waals surface area contributed by atoms with E-state index in [4.69, 9.17) is 16.6 Å². The molecule has 1 aromatic rings. The van der Waals surface area contributed by atoms with E-state index < -0.39 is 0 Å². The number of allylic oxidation sites excluding steroid dienone is 1. The van der Waals surface area contributed by atoms with Crippen LogP contribution in [0.25, 0.3) is 0 Å². The summed E-state index contributed by atoms with van der Waals surface area (Å²) < 4.78 is 0. The molecule has 9 atom stereocenters. The number of rotatable bonds is 3. The number of Topliss-reactive ketones (excluding diaryl/α,β-unsaturated/α-hetero) is 1. The van der Waals surface area contributed by atoms with Gasteiger partial charge in [0.25, 0.3) is 0 Å². The molecule has 1 aromatic carbocycles. The number of hydrogen-bond acceptors (Lipinski definition) is 4. The fraction of sp³-hybridized carbons (Fsp3) is 0.677. The van der Waals surface area contributed by atoms with Crippen molar-refractivity contribution >= 4 is 11.5 Å². The first-order chi connectivity index (χ1) is 16.8. The minimum absolute atomic E-state index is 0.118. The van der Waals surface area contributed by atoms with Gasteiger partial charge in [0.05, 0.1) is 5.71 Å². The molecule has 1 heterocycles. The van der Waals surface area contributed by atoms with Gasteiger partial charge in [0.1, 0.15) is 11.9 Å². The van der Waals surface area contributed by atoms with Crippen LogP contribution in [0.4, 0.5) is 0 Å². The first-order valence-electron chi connectivity index (χ1n) is 14.0. The van der Waals surface area contributed by atoms with E-state index in [2.05, 4.69) is 56.4 Å². The number of oxime groups is 1. The SMILES string of the molecule is C=C1CC2C(CC[C@]3(C)C(=O)C(C)CC23)[C@@]2(C)CCC(=NOC3CCNC3)C(c3ccccc3)C12. The molecule has 6 rings (SSSR count). The Morgan fingerprint density at radius 1 is 1.11 bits per heavy atom. The highest BCUT2D eigenvalue weighted by Gasteiger charge is 2.63. The first kappa shape index (κ1) is 23.5. The lowest BCUT2D eigenvalue weighted by molar-refractivity contribution is -0.136. The molecule has 4 saturated carbocycles. The fourth-order valence-electron chi connectivity index (χ4n) is 9.34. The summed E-state index contributed by atoms with van der Waals surface area (Å²) >= 11 is 0. The van der Waals surface area contributed by atoms with Gasteiger partial charge in [-0.05, 0) is 79.7 Å². The van der Waals surface area contributed by atoms with Crippen molar-refractivity contribution in [2.24, 2.45) is 45.6 Å². The van der Waals surface area contributed by atoms with E-state index >= 15 is 0 Å². The molecule has 7 unspecified atom stereocenters. The van der Waals surface area contributed by atoms with Gasteiger partial charge >= 0.3 is 0 Å². The number of carbonyl (C=O) groups is 1. The van der Waals surface area contributed by atoms with Crippen LogP contribution in [0, 0.1) is 40.4 Å². The molecule has 1 N–H and O–H groups in total. The molecule has 1 saturated heterocycles. The molecule has 4 nitrogen and oxygen atoms in total. The smallest absolute Gasteiger partial charge is 0.141 e. The second-order valence-electron chi connectivity index (χ2n) is 12.9. The lowest BCUT2D eigenvalue weighted by Crippen LogP contribution is -2.56. The highest BCUT2D eigenvalue weighted by atomic mass is 16.6. The number of carbonyl (C=O) groups excluding carboxylic acids is 1. The van der Waals surface area contributed by atoms with Crippen LogP contribution in [0.3, 0.4) is 0 Å². The van der Waals surface area contributed by atoms with Gasteiger partial charge in [0.15, 0.2) is 0 Å². The van der Waals surface area contributed by atoms with Crippen LogP contribution in [0.2, 0.25) is 0 Å². The Labute approximate surface area is 211 Å². The van der Waals surface area contributed by atoms with Crippen LogP contribution in [0.15, 0.2) is 47.6 Å². The normalized spacial score (nSPS) is 46.3. The Hall–Kier alpha value is -1.94. The van der Waals surface area contributed by atoms with Gasteiger partial charge in [-0.15, -0.1) is 0 Å². The van der Waals surface area contributed by atoms with Crippen LogP contribution in [-0.2, 0) is 9.63 Å². The van der Waals surface area contributed by atoms with Gasteiger partial charge < -0.3 is 10.2 Å². The molecule has 0 aromatic heterocycles. The van der Waals surface area contributed by atoms with E-state index in [9.17, 15) is 4.79 Å². The zero-order valence-electron chi connectivity index (χ0n) is 21.8. The zero-order chi connectivity index (χ0) is 24.4. The van der Waals surface area contributed by atoms with E-state index in [1.54, 1.807) is 0 Å². The molecule has 188 valence electrons. The molecular weight excluding hydrogens is 432 g/mol. The molecule has 1 aliphatic heterocycles. The predicted molar refractivity (Wildman–Crippen MR) is 140 cm³/mol. The average Bonchev–Trinajstić information content (AvgIpc) is 3.45. The summed E-state index contributed by atoms with van der Waals surface area (Å²) in [5, 5.41) is 8.25. The minimum atomic E-state index is -0.118. The summed E-state index contributed by atoms with van der Waals surface area (Å²) in [7, 11) is 0. The van der Waals surface area contributed by atoms with Crippen LogP contribution >= 0.6 is 0 Å². The van der Waals surface area contributed by atoms with Crippen molar-refractivity contribution < 1.29 is 9.63 Å². The maximum atomic E-state index is 13.2. The maximum Gasteiger partial charge on any atom is 0.141 e. The molecule has 0 spiro atoms.